The van der Waals surface area contributed by atoms with Crippen molar-refractivity contribution >= 4 is 11.9 Å². The van der Waals surface area contributed by atoms with E-state index in [1.54, 1.807) is 12.1 Å². The number of rotatable bonds is 5. The SMILES string of the molecule is NN=Cc1cccc(OCc2ccc([N+](=O)[O-])cc2)c1. The van der Waals surface area contributed by atoms with Gasteiger partial charge in [-0.25, -0.2) is 0 Å². The monoisotopic (exact) mass is 271 g/mol. The summed E-state index contributed by atoms with van der Waals surface area (Å²) in [5, 5.41) is 14.0. The molecule has 6 heteroatoms. The van der Waals surface area contributed by atoms with Crippen LogP contribution >= 0.6 is 0 Å². The van der Waals surface area contributed by atoms with Crippen LogP contribution in [-0.4, -0.2) is 11.1 Å². The van der Waals surface area contributed by atoms with Crippen molar-refractivity contribution in [2.24, 2.45) is 10.9 Å². The van der Waals surface area contributed by atoms with Crippen LogP contribution in [0.2, 0.25) is 0 Å². The molecule has 0 aromatic heterocycles. The van der Waals surface area contributed by atoms with E-state index in [1.165, 1.54) is 18.3 Å². The average Bonchev–Trinajstić information content (AvgIpc) is 2.46. The maximum absolute atomic E-state index is 10.5. The summed E-state index contributed by atoms with van der Waals surface area (Å²) in [5.74, 6) is 5.77. The van der Waals surface area contributed by atoms with Crippen molar-refractivity contribution in [3.8, 4) is 5.75 Å². The summed E-state index contributed by atoms with van der Waals surface area (Å²) in [6.07, 6.45) is 1.53. The van der Waals surface area contributed by atoms with E-state index in [-0.39, 0.29) is 5.69 Å². The molecule has 2 aromatic carbocycles. The summed E-state index contributed by atoms with van der Waals surface area (Å²) < 4.78 is 5.61. The highest BCUT2D eigenvalue weighted by Gasteiger charge is 2.04. The molecule has 0 aliphatic heterocycles. The Bertz CT molecular complexity index is 624. The zero-order valence-corrected chi connectivity index (χ0v) is 10.6. The van der Waals surface area contributed by atoms with E-state index < -0.39 is 4.92 Å². The third kappa shape index (κ3) is 3.55. The fourth-order valence-corrected chi connectivity index (χ4v) is 1.65. The molecule has 0 saturated carbocycles. The first kappa shape index (κ1) is 13.5. The van der Waals surface area contributed by atoms with E-state index in [2.05, 4.69) is 5.10 Å². The van der Waals surface area contributed by atoms with Gasteiger partial charge in [-0.1, -0.05) is 12.1 Å². The molecule has 0 radical (unpaired) electrons. The smallest absolute Gasteiger partial charge is 0.269 e. The second-order valence-corrected chi connectivity index (χ2v) is 4.06. The molecule has 2 rings (SSSR count). The van der Waals surface area contributed by atoms with Crippen molar-refractivity contribution in [2.75, 3.05) is 0 Å². The summed E-state index contributed by atoms with van der Waals surface area (Å²) in [5.41, 5.74) is 1.76. The number of benzene rings is 2. The number of hydrogen-bond acceptors (Lipinski definition) is 5. The van der Waals surface area contributed by atoms with Crippen LogP contribution in [0.4, 0.5) is 5.69 Å². The fraction of sp³-hybridized carbons (Fsp3) is 0.0714. The van der Waals surface area contributed by atoms with Gasteiger partial charge in [0.15, 0.2) is 0 Å². The highest BCUT2D eigenvalue weighted by atomic mass is 16.6. The minimum atomic E-state index is -0.430. The standard InChI is InChI=1S/C14H13N3O3/c15-16-9-12-2-1-3-14(8-12)20-10-11-4-6-13(7-5-11)17(18)19/h1-9H,10,15H2. The molecule has 6 nitrogen and oxygen atoms in total. The van der Waals surface area contributed by atoms with E-state index in [4.69, 9.17) is 10.6 Å². The Balaban J connectivity index is 2.01. The largest absolute Gasteiger partial charge is 0.489 e. The number of ether oxygens (including phenoxy) is 1. The number of non-ortho nitro benzene ring substituents is 1. The molecule has 0 heterocycles. The van der Waals surface area contributed by atoms with Crippen LogP contribution < -0.4 is 10.6 Å². The molecule has 2 N–H and O–H groups in total. The molecule has 0 fully saturated rings. The van der Waals surface area contributed by atoms with Crippen molar-refractivity contribution in [3.63, 3.8) is 0 Å². The molecular weight excluding hydrogens is 258 g/mol. The number of nitrogens with two attached hydrogens (primary N) is 1. The summed E-state index contributed by atoms with van der Waals surface area (Å²) in [4.78, 5) is 10.1. The third-order valence-corrected chi connectivity index (χ3v) is 2.63. The van der Waals surface area contributed by atoms with E-state index in [0.29, 0.717) is 12.4 Å². The lowest BCUT2D eigenvalue weighted by atomic mass is 10.2. The molecule has 102 valence electrons. The van der Waals surface area contributed by atoms with Gasteiger partial charge in [-0.05, 0) is 35.4 Å². The number of hydrogen-bond donors (Lipinski definition) is 1. The van der Waals surface area contributed by atoms with Crippen molar-refractivity contribution in [1.29, 1.82) is 0 Å². The van der Waals surface area contributed by atoms with Crippen LogP contribution in [0.1, 0.15) is 11.1 Å². The van der Waals surface area contributed by atoms with Gasteiger partial charge in [-0.2, -0.15) is 5.10 Å². The number of nitro groups is 1. The number of nitrogens with zero attached hydrogens (tertiary/aromatic N) is 2. The second-order valence-electron chi connectivity index (χ2n) is 4.06. The van der Waals surface area contributed by atoms with Gasteiger partial charge in [0.2, 0.25) is 0 Å². The van der Waals surface area contributed by atoms with Crippen LogP contribution in [0.5, 0.6) is 5.75 Å². The molecule has 0 amide bonds. The Morgan fingerprint density at radius 3 is 2.65 bits per heavy atom. The lowest BCUT2D eigenvalue weighted by Crippen LogP contribution is -1.97. The highest BCUT2D eigenvalue weighted by molar-refractivity contribution is 5.79. The molecule has 0 bridgehead atoms. The van der Waals surface area contributed by atoms with Crippen LogP contribution in [-0.2, 0) is 6.61 Å². The fourth-order valence-electron chi connectivity index (χ4n) is 1.65. The third-order valence-electron chi connectivity index (χ3n) is 2.63. The van der Waals surface area contributed by atoms with E-state index in [1.807, 2.05) is 24.3 Å². The molecular formula is C14H13N3O3. The molecule has 0 atom stereocenters. The Morgan fingerprint density at radius 2 is 2.00 bits per heavy atom. The minimum absolute atomic E-state index is 0.0647. The molecule has 20 heavy (non-hydrogen) atoms. The van der Waals surface area contributed by atoms with Crippen LogP contribution in [0.3, 0.4) is 0 Å². The van der Waals surface area contributed by atoms with E-state index in [9.17, 15) is 10.1 Å². The van der Waals surface area contributed by atoms with Gasteiger partial charge in [0.25, 0.3) is 5.69 Å². The van der Waals surface area contributed by atoms with Crippen molar-refractivity contribution in [3.05, 3.63) is 69.8 Å². The quantitative estimate of drug-likeness (QED) is 0.391. The normalized spacial score (nSPS) is 10.6. The van der Waals surface area contributed by atoms with Crippen molar-refractivity contribution in [1.82, 2.24) is 0 Å². The van der Waals surface area contributed by atoms with Crippen LogP contribution in [0.25, 0.3) is 0 Å². The molecule has 2 aromatic rings. The summed E-state index contributed by atoms with van der Waals surface area (Å²) in [6.45, 7) is 0.335. The van der Waals surface area contributed by atoms with Gasteiger partial charge in [0, 0.05) is 12.1 Å². The lowest BCUT2D eigenvalue weighted by molar-refractivity contribution is -0.384. The predicted molar refractivity (Wildman–Crippen MR) is 75.7 cm³/mol. The molecule has 0 aliphatic carbocycles. The average molecular weight is 271 g/mol. The molecule has 0 saturated heterocycles. The molecule has 0 aliphatic rings. The minimum Gasteiger partial charge on any atom is -0.489 e. The van der Waals surface area contributed by atoms with Gasteiger partial charge in [0.1, 0.15) is 12.4 Å². The summed E-state index contributed by atoms with van der Waals surface area (Å²) >= 11 is 0. The van der Waals surface area contributed by atoms with Gasteiger partial charge in [-0.3, -0.25) is 10.1 Å². The topological polar surface area (TPSA) is 90.8 Å². The Hall–Kier alpha value is -2.89. The van der Waals surface area contributed by atoms with Gasteiger partial charge in [-0.15, -0.1) is 0 Å². The van der Waals surface area contributed by atoms with Crippen molar-refractivity contribution < 1.29 is 9.66 Å². The van der Waals surface area contributed by atoms with Gasteiger partial charge in [0.05, 0.1) is 11.1 Å². The Morgan fingerprint density at radius 1 is 1.25 bits per heavy atom. The molecule has 0 unspecified atom stereocenters. The lowest BCUT2D eigenvalue weighted by Gasteiger charge is -2.06. The first-order valence-corrected chi connectivity index (χ1v) is 5.88. The Labute approximate surface area is 115 Å². The summed E-state index contributed by atoms with van der Waals surface area (Å²) in [7, 11) is 0. The maximum Gasteiger partial charge on any atom is 0.269 e. The van der Waals surface area contributed by atoms with E-state index >= 15 is 0 Å². The van der Waals surface area contributed by atoms with Gasteiger partial charge >= 0.3 is 0 Å². The number of hydrazone groups is 1. The molecule has 0 spiro atoms. The predicted octanol–water partition coefficient (Wildman–Crippen LogP) is 2.47. The summed E-state index contributed by atoms with van der Waals surface area (Å²) in [6, 6.07) is 13.6. The maximum atomic E-state index is 10.5. The Kier molecular flexibility index (Phi) is 4.28. The van der Waals surface area contributed by atoms with Crippen LogP contribution in [0, 0.1) is 10.1 Å². The first-order valence-electron chi connectivity index (χ1n) is 5.88. The first-order chi connectivity index (χ1) is 9.69. The number of nitro benzene ring substituents is 1. The highest BCUT2D eigenvalue weighted by Crippen LogP contribution is 2.16. The zero-order chi connectivity index (χ0) is 14.4. The van der Waals surface area contributed by atoms with Crippen LogP contribution in [0.15, 0.2) is 53.6 Å². The second kappa shape index (κ2) is 6.33. The van der Waals surface area contributed by atoms with Gasteiger partial charge < -0.3 is 10.6 Å². The zero-order valence-electron chi connectivity index (χ0n) is 10.6. The van der Waals surface area contributed by atoms with E-state index in [0.717, 1.165) is 11.1 Å². The van der Waals surface area contributed by atoms with Crippen molar-refractivity contribution in [2.45, 2.75) is 6.61 Å².